The molecule has 27 heavy (non-hydrogen) atoms. The number of aryl methyl sites for hydroxylation is 2. The molecule has 0 unspecified atom stereocenters. The van der Waals surface area contributed by atoms with E-state index in [1.54, 1.807) is 16.1 Å². The molecule has 2 rings (SSSR count). The number of nitrogens with one attached hydrogen (secondary N) is 2. The van der Waals surface area contributed by atoms with Crippen molar-refractivity contribution in [1.29, 1.82) is 0 Å². The van der Waals surface area contributed by atoms with Gasteiger partial charge < -0.3 is 10.6 Å². The summed E-state index contributed by atoms with van der Waals surface area (Å²) in [5, 5.41) is 10.7. The van der Waals surface area contributed by atoms with Gasteiger partial charge in [0.15, 0.2) is 5.96 Å². The van der Waals surface area contributed by atoms with E-state index in [1.165, 1.54) is 0 Å². The summed E-state index contributed by atoms with van der Waals surface area (Å²) in [5.41, 5.74) is 3.16. The average Bonchev–Trinajstić information content (AvgIpc) is 2.85. The Morgan fingerprint density at radius 2 is 1.93 bits per heavy atom. The van der Waals surface area contributed by atoms with Crippen LogP contribution >= 0.6 is 35.7 Å². The molecule has 1 aromatic rings. The van der Waals surface area contributed by atoms with Crippen molar-refractivity contribution in [1.82, 2.24) is 24.7 Å². The Labute approximate surface area is 184 Å². The van der Waals surface area contributed by atoms with Crippen LogP contribution in [0.4, 0.5) is 0 Å². The fourth-order valence-corrected chi connectivity index (χ4v) is 5.29. The monoisotopic (exact) mass is 530 g/mol. The maximum Gasteiger partial charge on any atom is 0.215 e. The molecule has 0 radical (unpaired) electrons. The Bertz CT molecular complexity index is 730. The van der Waals surface area contributed by atoms with Crippen LogP contribution in [-0.2, 0) is 23.6 Å². The second-order valence-electron chi connectivity index (χ2n) is 6.22. The van der Waals surface area contributed by atoms with Crippen LogP contribution in [0, 0.1) is 13.8 Å². The summed E-state index contributed by atoms with van der Waals surface area (Å²) in [5.74, 6) is 2.45. The molecule has 1 aliphatic rings. The van der Waals surface area contributed by atoms with Crippen molar-refractivity contribution in [3.05, 3.63) is 17.0 Å². The fraction of sp³-hybridized carbons (Fsp3) is 0.750. The van der Waals surface area contributed by atoms with Gasteiger partial charge in [0.05, 0.1) is 18.0 Å². The molecule has 1 fully saturated rings. The van der Waals surface area contributed by atoms with Crippen LogP contribution in [-0.4, -0.2) is 71.9 Å². The number of sulfonamides is 1. The number of aliphatic imine (C=N–C) groups is 1. The average molecular weight is 531 g/mol. The quantitative estimate of drug-likeness (QED) is 0.312. The molecule has 0 atom stereocenters. The molecule has 1 aliphatic heterocycles. The zero-order valence-electron chi connectivity index (χ0n) is 16.5. The van der Waals surface area contributed by atoms with Crippen LogP contribution in [0.15, 0.2) is 4.99 Å². The Balaban J connectivity index is 0.00000364. The highest BCUT2D eigenvalue weighted by Crippen LogP contribution is 2.14. The predicted octanol–water partition coefficient (Wildman–Crippen LogP) is 1.09. The van der Waals surface area contributed by atoms with Crippen molar-refractivity contribution < 1.29 is 8.42 Å². The van der Waals surface area contributed by atoms with Gasteiger partial charge in [-0.3, -0.25) is 4.68 Å². The molecule has 0 aliphatic carbocycles. The third-order valence-corrected chi connectivity index (χ3v) is 7.23. The number of hydrogen-bond donors (Lipinski definition) is 2. The van der Waals surface area contributed by atoms with Crippen LogP contribution in [0.2, 0.25) is 0 Å². The number of aromatic nitrogens is 2. The standard InChI is InChI=1S/C16H30N6O2S2.HI/c1-5-17-16(19-12-15-13(2)20-21(4)14(15)3)18-6-11-26(23,24)22-7-9-25-10-8-22;/h5-12H2,1-4H3,(H2,17,18,19);1H. The van der Waals surface area contributed by atoms with E-state index in [-0.39, 0.29) is 29.7 Å². The molecule has 156 valence electrons. The zero-order valence-corrected chi connectivity index (χ0v) is 20.5. The van der Waals surface area contributed by atoms with Gasteiger partial charge in [-0.15, -0.1) is 24.0 Å². The first-order valence-electron chi connectivity index (χ1n) is 8.92. The van der Waals surface area contributed by atoms with Crippen molar-refractivity contribution in [3.63, 3.8) is 0 Å². The predicted molar refractivity (Wildman–Crippen MR) is 124 cm³/mol. The fourth-order valence-electron chi connectivity index (χ4n) is 2.80. The second-order valence-corrected chi connectivity index (χ2v) is 9.54. The van der Waals surface area contributed by atoms with E-state index in [4.69, 9.17) is 0 Å². The van der Waals surface area contributed by atoms with E-state index in [0.29, 0.717) is 38.7 Å². The molecule has 1 aromatic heterocycles. The highest BCUT2D eigenvalue weighted by atomic mass is 127. The maximum atomic E-state index is 12.4. The van der Waals surface area contributed by atoms with Crippen LogP contribution in [0.25, 0.3) is 0 Å². The van der Waals surface area contributed by atoms with E-state index < -0.39 is 10.0 Å². The van der Waals surface area contributed by atoms with Gasteiger partial charge in [-0.2, -0.15) is 16.9 Å². The van der Waals surface area contributed by atoms with Gasteiger partial charge >= 0.3 is 0 Å². The van der Waals surface area contributed by atoms with Gasteiger partial charge in [0.2, 0.25) is 10.0 Å². The lowest BCUT2D eigenvalue weighted by molar-refractivity contribution is 0.443. The zero-order chi connectivity index (χ0) is 19.2. The van der Waals surface area contributed by atoms with Crippen LogP contribution in [0.5, 0.6) is 0 Å². The minimum absolute atomic E-state index is 0. The van der Waals surface area contributed by atoms with Crippen LogP contribution in [0.1, 0.15) is 23.9 Å². The lowest BCUT2D eigenvalue weighted by Crippen LogP contribution is -2.44. The Kier molecular flexibility index (Phi) is 10.4. The van der Waals surface area contributed by atoms with Crippen molar-refractivity contribution in [2.75, 3.05) is 43.4 Å². The largest absolute Gasteiger partial charge is 0.357 e. The van der Waals surface area contributed by atoms with Gasteiger partial charge in [0.1, 0.15) is 0 Å². The van der Waals surface area contributed by atoms with Gasteiger partial charge in [-0.25, -0.2) is 17.7 Å². The van der Waals surface area contributed by atoms with Gasteiger partial charge in [-0.05, 0) is 20.8 Å². The first-order valence-corrected chi connectivity index (χ1v) is 11.7. The molecule has 8 nitrogen and oxygen atoms in total. The Morgan fingerprint density at radius 1 is 1.26 bits per heavy atom. The van der Waals surface area contributed by atoms with Crippen LogP contribution < -0.4 is 10.6 Å². The van der Waals surface area contributed by atoms with E-state index in [1.807, 2.05) is 32.5 Å². The first kappa shape index (κ1) is 24.5. The molecule has 0 aromatic carbocycles. The van der Waals surface area contributed by atoms with E-state index in [9.17, 15) is 8.42 Å². The van der Waals surface area contributed by atoms with Crippen molar-refractivity contribution in [2.24, 2.45) is 12.0 Å². The van der Waals surface area contributed by atoms with E-state index in [2.05, 4.69) is 20.7 Å². The van der Waals surface area contributed by atoms with Crippen molar-refractivity contribution >= 4 is 51.7 Å². The molecule has 1 saturated heterocycles. The smallest absolute Gasteiger partial charge is 0.215 e. The summed E-state index contributed by atoms with van der Waals surface area (Å²) in [6, 6.07) is 0. The Morgan fingerprint density at radius 3 is 2.48 bits per heavy atom. The number of halogens is 1. The molecule has 0 spiro atoms. The summed E-state index contributed by atoms with van der Waals surface area (Å²) in [6.07, 6.45) is 0. The highest BCUT2D eigenvalue weighted by molar-refractivity contribution is 14.0. The molecule has 2 heterocycles. The number of nitrogens with zero attached hydrogens (tertiary/aromatic N) is 4. The van der Waals surface area contributed by atoms with Crippen molar-refractivity contribution in [2.45, 2.75) is 27.3 Å². The van der Waals surface area contributed by atoms with Gasteiger partial charge in [0, 0.05) is 56.0 Å². The van der Waals surface area contributed by atoms with Gasteiger partial charge in [-0.1, -0.05) is 0 Å². The third kappa shape index (κ3) is 7.09. The van der Waals surface area contributed by atoms with Gasteiger partial charge in [0.25, 0.3) is 0 Å². The summed E-state index contributed by atoms with van der Waals surface area (Å²) in [7, 11) is -1.29. The lowest BCUT2D eigenvalue weighted by atomic mass is 10.2. The molecule has 0 bridgehead atoms. The lowest BCUT2D eigenvalue weighted by Gasteiger charge is -2.25. The minimum Gasteiger partial charge on any atom is -0.357 e. The summed E-state index contributed by atoms with van der Waals surface area (Å²) < 4.78 is 28.2. The molecule has 0 amide bonds. The van der Waals surface area contributed by atoms with E-state index in [0.717, 1.165) is 28.5 Å². The Hall–Kier alpha value is -0.530. The van der Waals surface area contributed by atoms with E-state index >= 15 is 0 Å². The summed E-state index contributed by atoms with van der Waals surface area (Å²) >= 11 is 1.80. The summed E-state index contributed by atoms with van der Waals surface area (Å²) in [6.45, 7) is 8.77. The van der Waals surface area contributed by atoms with Crippen LogP contribution in [0.3, 0.4) is 0 Å². The molecular formula is C16H31IN6O2S2. The molecule has 11 heteroatoms. The topological polar surface area (TPSA) is 91.6 Å². The molecule has 2 N–H and O–H groups in total. The number of guanidine groups is 1. The number of thioether (sulfide) groups is 1. The minimum atomic E-state index is -3.21. The number of hydrogen-bond acceptors (Lipinski definition) is 5. The SMILES string of the molecule is CCNC(=NCc1c(C)nn(C)c1C)NCCS(=O)(=O)N1CCSCC1.I. The molecular weight excluding hydrogens is 499 g/mol. The normalized spacial score (nSPS) is 16.1. The molecule has 0 saturated carbocycles. The summed E-state index contributed by atoms with van der Waals surface area (Å²) in [4.78, 5) is 4.58. The van der Waals surface area contributed by atoms with Crippen molar-refractivity contribution in [3.8, 4) is 0 Å². The maximum absolute atomic E-state index is 12.4. The first-order chi connectivity index (χ1) is 12.3. The number of rotatable bonds is 7. The highest BCUT2D eigenvalue weighted by Gasteiger charge is 2.23. The third-order valence-electron chi connectivity index (χ3n) is 4.41. The second kappa shape index (κ2) is 11.5.